The van der Waals surface area contributed by atoms with Crippen LogP contribution in [0.25, 0.3) is 0 Å². The van der Waals surface area contributed by atoms with Crippen LogP contribution in [0.1, 0.15) is 10.4 Å². The molecule has 6 heteroatoms. The maximum absolute atomic E-state index is 13.6. The van der Waals surface area contributed by atoms with Crippen molar-refractivity contribution in [1.29, 1.82) is 0 Å². The van der Waals surface area contributed by atoms with E-state index in [1.54, 1.807) is 18.2 Å². The van der Waals surface area contributed by atoms with Gasteiger partial charge in [0, 0.05) is 18.4 Å². The van der Waals surface area contributed by atoms with E-state index in [-0.39, 0.29) is 0 Å². The lowest BCUT2D eigenvalue weighted by Gasteiger charge is -2.18. The van der Waals surface area contributed by atoms with Crippen LogP contribution in [0.4, 0.5) is 24.5 Å². The van der Waals surface area contributed by atoms with E-state index in [9.17, 15) is 18.0 Å². The highest BCUT2D eigenvalue weighted by atomic mass is 19.2. The molecule has 0 unspecified atom stereocenters. The number of benzene rings is 2. The Morgan fingerprint density at radius 1 is 1.10 bits per heavy atom. The van der Waals surface area contributed by atoms with Crippen molar-refractivity contribution < 1.29 is 18.0 Å². The Bertz CT molecular complexity index is 673. The summed E-state index contributed by atoms with van der Waals surface area (Å²) in [5, 5.41) is 0. The number of rotatable bonds is 2. The molecule has 0 aliphatic carbocycles. The van der Waals surface area contributed by atoms with Crippen LogP contribution in [-0.2, 0) is 0 Å². The number of amides is 1. The molecule has 2 N–H and O–H groups in total. The Morgan fingerprint density at radius 2 is 1.80 bits per heavy atom. The maximum atomic E-state index is 13.6. The highest BCUT2D eigenvalue weighted by Crippen LogP contribution is 2.21. The second-order valence-corrected chi connectivity index (χ2v) is 4.18. The molecule has 0 heterocycles. The van der Waals surface area contributed by atoms with E-state index < -0.39 is 28.9 Å². The normalized spacial score (nSPS) is 10.4. The van der Waals surface area contributed by atoms with Crippen molar-refractivity contribution in [3.8, 4) is 0 Å². The van der Waals surface area contributed by atoms with E-state index in [1.165, 1.54) is 13.1 Å². The van der Waals surface area contributed by atoms with Gasteiger partial charge in [-0.2, -0.15) is 0 Å². The molecule has 0 saturated carbocycles. The molecule has 0 aliphatic heterocycles. The molecule has 0 bridgehead atoms. The Morgan fingerprint density at radius 3 is 2.45 bits per heavy atom. The molecule has 3 nitrogen and oxygen atoms in total. The molecule has 2 aromatic carbocycles. The quantitative estimate of drug-likeness (QED) is 0.679. The molecule has 0 aliphatic rings. The predicted molar refractivity (Wildman–Crippen MR) is 69.9 cm³/mol. The summed E-state index contributed by atoms with van der Waals surface area (Å²) in [6.45, 7) is 0. The Kier molecular flexibility index (Phi) is 3.65. The summed E-state index contributed by atoms with van der Waals surface area (Å²) in [7, 11) is 1.39. The number of nitrogen functional groups attached to an aromatic ring is 1. The van der Waals surface area contributed by atoms with Crippen LogP contribution in [0.2, 0.25) is 0 Å². The summed E-state index contributed by atoms with van der Waals surface area (Å²) in [5.74, 6) is -5.32. The largest absolute Gasteiger partial charge is 0.399 e. The molecule has 0 saturated heterocycles. The fourth-order valence-electron chi connectivity index (χ4n) is 1.72. The van der Waals surface area contributed by atoms with Crippen LogP contribution in [0.5, 0.6) is 0 Å². The standard InChI is InChI=1S/C14H11F3N2O/c1-19(9-4-2-3-8(18)7-9)14(20)10-5-6-11(15)13(17)12(10)16/h2-7H,18H2,1H3. The fraction of sp³-hybridized carbons (Fsp3) is 0.0714. The number of nitrogens with zero attached hydrogens (tertiary/aromatic N) is 1. The van der Waals surface area contributed by atoms with Gasteiger partial charge in [-0.15, -0.1) is 0 Å². The zero-order chi connectivity index (χ0) is 14.9. The molecule has 0 radical (unpaired) electrons. The summed E-state index contributed by atoms with van der Waals surface area (Å²) in [5.41, 5.74) is 5.88. The first-order valence-corrected chi connectivity index (χ1v) is 5.69. The van der Waals surface area contributed by atoms with Crippen LogP contribution in [0, 0.1) is 17.5 Å². The zero-order valence-electron chi connectivity index (χ0n) is 10.5. The third-order valence-electron chi connectivity index (χ3n) is 2.83. The minimum absolute atomic E-state index is 0.416. The first kappa shape index (κ1) is 13.9. The second kappa shape index (κ2) is 5.24. The molecule has 104 valence electrons. The van der Waals surface area contributed by atoms with Gasteiger partial charge in [0.25, 0.3) is 5.91 Å². The van der Waals surface area contributed by atoms with Crippen LogP contribution >= 0.6 is 0 Å². The lowest BCUT2D eigenvalue weighted by atomic mass is 10.1. The summed E-state index contributed by atoms with van der Waals surface area (Å²) >= 11 is 0. The van der Waals surface area contributed by atoms with E-state index in [1.807, 2.05) is 0 Å². The molecule has 0 fully saturated rings. The van der Waals surface area contributed by atoms with Crippen molar-refractivity contribution in [3.63, 3.8) is 0 Å². The molecule has 20 heavy (non-hydrogen) atoms. The minimum Gasteiger partial charge on any atom is -0.399 e. The monoisotopic (exact) mass is 280 g/mol. The molecule has 1 amide bonds. The van der Waals surface area contributed by atoms with Gasteiger partial charge in [0.15, 0.2) is 17.5 Å². The molecular weight excluding hydrogens is 269 g/mol. The van der Waals surface area contributed by atoms with E-state index in [0.717, 1.165) is 11.0 Å². The number of hydrogen-bond acceptors (Lipinski definition) is 2. The van der Waals surface area contributed by atoms with Gasteiger partial charge in [-0.3, -0.25) is 4.79 Å². The van der Waals surface area contributed by atoms with Crippen molar-refractivity contribution in [2.75, 3.05) is 17.7 Å². The van der Waals surface area contributed by atoms with Gasteiger partial charge < -0.3 is 10.6 Å². The van der Waals surface area contributed by atoms with Crippen molar-refractivity contribution in [1.82, 2.24) is 0 Å². The second-order valence-electron chi connectivity index (χ2n) is 4.18. The fourth-order valence-corrected chi connectivity index (χ4v) is 1.72. The third kappa shape index (κ3) is 2.45. The van der Waals surface area contributed by atoms with Gasteiger partial charge in [0.2, 0.25) is 0 Å². The van der Waals surface area contributed by atoms with Crippen molar-refractivity contribution >= 4 is 17.3 Å². The number of hydrogen-bond donors (Lipinski definition) is 1. The average molecular weight is 280 g/mol. The van der Waals surface area contributed by atoms with Crippen LogP contribution in [0.15, 0.2) is 36.4 Å². The van der Waals surface area contributed by atoms with Crippen LogP contribution in [-0.4, -0.2) is 13.0 Å². The van der Waals surface area contributed by atoms with Gasteiger partial charge in [-0.05, 0) is 30.3 Å². The van der Waals surface area contributed by atoms with Gasteiger partial charge in [-0.25, -0.2) is 13.2 Å². The molecular formula is C14H11F3N2O. The van der Waals surface area contributed by atoms with Gasteiger partial charge in [-0.1, -0.05) is 6.07 Å². The van der Waals surface area contributed by atoms with Gasteiger partial charge in [0.05, 0.1) is 5.56 Å². The van der Waals surface area contributed by atoms with Crippen LogP contribution < -0.4 is 10.6 Å². The molecule has 0 spiro atoms. The number of halogens is 3. The van der Waals surface area contributed by atoms with Gasteiger partial charge in [0.1, 0.15) is 0 Å². The Labute approximate surface area is 113 Å². The molecule has 0 atom stereocenters. The highest BCUT2D eigenvalue weighted by Gasteiger charge is 2.22. The Hall–Kier alpha value is -2.50. The maximum Gasteiger partial charge on any atom is 0.261 e. The minimum atomic E-state index is -1.67. The number of anilines is 2. The summed E-state index contributed by atoms with van der Waals surface area (Å²) in [6.07, 6.45) is 0. The number of nitrogens with two attached hydrogens (primary N) is 1. The number of carbonyl (C=O) groups is 1. The zero-order valence-corrected chi connectivity index (χ0v) is 10.5. The first-order chi connectivity index (χ1) is 9.41. The highest BCUT2D eigenvalue weighted by molar-refractivity contribution is 6.06. The van der Waals surface area contributed by atoms with E-state index in [0.29, 0.717) is 17.4 Å². The Balaban J connectivity index is 2.39. The van der Waals surface area contributed by atoms with Crippen molar-refractivity contribution in [3.05, 3.63) is 59.4 Å². The molecule has 0 aromatic heterocycles. The SMILES string of the molecule is CN(C(=O)c1ccc(F)c(F)c1F)c1cccc(N)c1. The lowest BCUT2D eigenvalue weighted by molar-refractivity contribution is 0.0988. The summed E-state index contributed by atoms with van der Waals surface area (Å²) in [4.78, 5) is 13.2. The van der Waals surface area contributed by atoms with Crippen LogP contribution in [0.3, 0.4) is 0 Å². The number of carbonyl (C=O) groups excluding carboxylic acids is 1. The van der Waals surface area contributed by atoms with E-state index in [4.69, 9.17) is 5.73 Å². The average Bonchev–Trinajstić information content (AvgIpc) is 2.43. The first-order valence-electron chi connectivity index (χ1n) is 5.69. The topological polar surface area (TPSA) is 46.3 Å². The lowest BCUT2D eigenvalue weighted by Crippen LogP contribution is -2.27. The predicted octanol–water partition coefficient (Wildman–Crippen LogP) is 2.96. The van der Waals surface area contributed by atoms with Gasteiger partial charge >= 0.3 is 0 Å². The van der Waals surface area contributed by atoms with Crippen molar-refractivity contribution in [2.24, 2.45) is 0 Å². The summed E-state index contributed by atoms with van der Waals surface area (Å²) < 4.78 is 39.6. The summed E-state index contributed by atoms with van der Waals surface area (Å²) in [6, 6.07) is 7.95. The van der Waals surface area contributed by atoms with E-state index in [2.05, 4.69) is 0 Å². The van der Waals surface area contributed by atoms with Crippen molar-refractivity contribution in [2.45, 2.75) is 0 Å². The third-order valence-corrected chi connectivity index (χ3v) is 2.83. The molecule has 2 rings (SSSR count). The van der Waals surface area contributed by atoms with E-state index >= 15 is 0 Å². The molecule has 2 aromatic rings. The smallest absolute Gasteiger partial charge is 0.261 e.